The molecular formula is C66H78N2O10. The van der Waals surface area contributed by atoms with Gasteiger partial charge in [0.25, 0.3) is 11.8 Å². The molecule has 0 radical (unpaired) electrons. The molecule has 2 unspecified atom stereocenters. The van der Waals surface area contributed by atoms with E-state index in [2.05, 4.69) is 118 Å². The monoisotopic (exact) mass is 1060 g/mol. The minimum absolute atomic E-state index is 0.0677. The summed E-state index contributed by atoms with van der Waals surface area (Å²) in [6.07, 6.45) is 0.739. The number of hydrogen-bond donors (Lipinski definition) is 4. The highest BCUT2D eigenvalue weighted by Crippen LogP contribution is 2.44. The minimum Gasteiger partial charge on any atom is -0.507 e. The fourth-order valence-corrected chi connectivity index (χ4v) is 9.78. The lowest BCUT2D eigenvalue weighted by atomic mass is 9.79. The molecule has 1 aliphatic carbocycles. The van der Waals surface area contributed by atoms with Crippen molar-refractivity contribution in [3.05, 3.63) is 187 Å². The maximum Gasteiger partial charge on any atom is 0.333 e. The van der Waals surface area contributed by atoms with Crippen molar-refractivity contribution in [1.82, 2.24) is 10.6 Å². The predicted molar refractivity (Wildman–Crippen MR) is 305 cm³/mol. The van der Waals surface area contributed by atoms with E-state index < -0.39 is 49.1 Å². The Bertz CT molecular complexity index is 2880. The van der Waals surface area contributed by atoms with E-state index in [1.54, 1.807) is 48.5 Å². The molecule has 0 saturated heterocycles. The number of ether oxygens (including phenoxy) is 4. The molecule has 4 N–H and O–H groups in total. The van der Waals surface area contributed by atoms with E-state index in [1.807, 2.05) is 36.4 Å². The van der Waals surface area contributed by atoms with Crippen LogP contribution >= 0.6 is 0 Å². The third kappa shape index (κ3) is 13.7. The average Bonchev–Trinajstić information content (AvgIpc) is 3.50. The Morgan fingerprint density at radius 1 is 0.423 bits per heavy atom. The Labute approximate surface area is 460 Å². The average molecular weight is 1060 g/mol. The summed E-state index contributed by atoms with van der Waals surface area (Å²) in [5.41, 5.74) is 8.81. The molecule has 412 valence electrons. The van der Waals surface area contributed by atoms with E-state index in [0.717, 1.165) is 22.3 Å². The molecule has 2 amide bonds. The number of carbonyl (C=O) groups is 4. The number of esters is 2. The fraction of sp³-hybridized carbons (Fsp3) is 0.394. The molecule has 0 spiro atoms. The minimum atomic E-state index is -1.08. The highest BCUT2D eigenvalue weighted by atomic mass is 16.5. The standard InChI is InChI=1S/C66H78N2O10/c1-63(2,3)49-29-41-25-45-33-51(65(7,8)9)35-47(59(45)77-37-53(69)67-55(61(73)75-13)39-21-17-15-18-22-39)27-43-31-50(64(4,5)6)32-44(58(43)72)28-48-36-52(66(10,11)12)34-46(26-42(30-49)57(41)71)60(48)78-38-54(70)68-56(62(74)76-14)40-23-19-16-20-24-40/h15-24,29-36,55-56,71-72H,25-28,37-38H2,1-14H3,(H,67,69)(H,68,70). The van der Waals surface area contributed by atoms with Crippen molar-refractivity contribution < 1.29 is 48.3 Å². The van der Waals surface area contributed by atoms with Crippen LogP contribution in [0.3, 0.4) is 0 Å². The topological polar surface area (TPSA) is 170 Å². The number of rotatable bonds is 12. The number of carbonyl (C=O) groups excluding carboxylic acids is 4. The number of hydrogen-bond acceptors (Lipinski definition) is 10. The Morgan fingerprint density at radius 3 is 0.897 bits per heavy atom. The quantitative estimate of drug-likeness (QED) is 0.0864. The smallest absolute Gasteiger partial charge is 0.333 e. The third-order valence-corrected chi connectivity index (χ3v) is 14.5. The van der Waals surface area contributed by atoms with Crippen molar-refractivity contribution in [3.8, 4) is 23.0 Å². The van der Waals surface area contributed by atoms with Crippen LogP contribution in [-0.2, 0) is 76.0 Å². The largest absolute Gasteiger partial charge is 0.507 e. The second-order valence-electron chi connectivity index (χ2n) is 24.7. The predicted octanol–water partition coefficient (Wildman–Crippen LogP) is 11.8. The second-order valence-corrected chi connectivity index (χ2v) is 24.7. The lowest BCUT2D eigenvalue weighted by molar-refractivity contribution is -0.145. The molecule has 2 atom stereocenters. The summed E-state index contributed by atoms with van der Waals surface area (Å²) < 4.78 is 23.6. The molecule has 6 aromatic carbocycles. The summed E-state index contributed by atoms with van der Waals surface area (Å²) >= 11 is 0. The second kappa shape index (κ2) is 23.2. The van der Waals surface area contributed by atoms with Crippen LogP contribution in [0, 0.1) is 0 Å². The number of nitrogens with one attached hydrogen (secondary N) is 2. The van der Waals surface area contributed by atoms with E-state index in [0.29, 0.717) is 67.1 Å². The summed E-state index contributed by atoms with van der Waals surface area (Å²) in [4.78, 5) is 54.3. The lowest BCUT2D eigenvalue weighted by Gasteiger charge is -2.28. The summed E-state index contributed by atoms with van der Waals surface area (Å²) in [5, 5.41) is 31.2. The Hall–Kier alpha value is -7.60. The van der Waals surface area contributed by atoms with Gasteiger partial charge in [-0.2, -0.15) is 0 Å². The summed E-state index contributed by atoms with van der Waals surface area (Å²) in [6, 6.07) is 31.9. The normalized spacial score (nSPS) is 13.6. The molecule has 0 fully saturated rings. The number of phenols is 2. The molecular weight excluding hydrogens is 981 g/mol. The van der Waals surface area contributed by atoms with Crippen LogP contribution in [0.1, 0.15) is 173 Å². The van der Waals surface area contributed by atoms with Crippen molar-refractivity contribution in [2.24, 2.45) is 0 Å². The Balaban J connectivity index is 1.45. The zero-order valence-corrected chi connectivity index (χ0v) is 48.0. The van der Waals surface area contributed by atoms with Gasteiger partial charge in [-0.25, -0.2) is 9.59 Å². The summed E-state index contributed by atoms with van der Waals surface area (Å²) in [6.45, 7) is 24.6. The Morgan fingerprint density at radius 2 is 0.667 bits per heavy atom. The molecule has 0 aromatic heterocycles. The van der Waals surface area contributed by atoms with Crippen molar-refractivity contribution >= 4 is 23.8 Å². The van der Waals surface area contributed by atoms with Crippen LogP contribution in [0.2, 0.25) is 0 Å². The molecule has 6 aromatic rings. The maximum atomic E-state index is 14.1. The fourth-order valence-electron chi connectivity index (χ4n) is 9.78. The van der Waals surface area contributed by atoms with Gasteiger partial charge < -0.3 is 39.8 Å². The molecule has 7 rings (SSSR count). The van der Waals surface area contributed by atoms with Gasteiger partial charge in [0.05, 0.1) is 14.2 Å². The van der Waals surface area contributed by atoms with Gasteiger partial charge in [-0.3, -0.25) is 9.59 Å². The van der Waals surface area contributed by atoms with E-state index in [1.165, 1.54) is 14.2 Å². The van der Waals surface area contributed by atoms with Crippen LogP contribution < -0.4 is 20.1 Å². The molecule has 78 heavy (non-hydrogen) atoms. The highest BCUT2D eigenvalue weighted by molar-refractivity contribution is 5.87. The van der Waals surface area contributed by atoms with Gasteiger partial charge in [0, 0.05) is 25.7 Å². The number of phenolic OH excluding ortho intramolecular Hbond substituents is 2. The molecule has 8 bridgehead atoms. The van der Waals surface area contributed by atoms with Gasteiger partial charge in [-0.15, -0.1) is 0 Å². The van der Waals surface area contributed by atoms with Crippen molar-refractivity contribution in [1.29, 1.82) is 0 Å². The van der Waals surface area contributed by atoms with Gasteiger partial charge in [-0.05, 0) is 99.5 Å². The molecule has 0 saturated carbocycles. The first-order valence-electron chi connectivity index (χ1n) is 26.7. The third-order valence-electron chi connectivity index (χ3n) is 14.5. The number of aromatic hydroxyl groups is 2. The van der Waals surface area contributed by atoms with Gasteiger partial charge in [-0.1, -0.05) is 192 Å². The van der Waals surface area contributed by atoms with Gasteiger partial charge in [0.1, 0.15) is 23.0 Å². The van der Waals surface area contributed by atoms with Crippen LogP contribution in [0.4, 0.5) is 0 Å². The van der Waals surface area contributed by atoms with E-state index in [9.17, 15) is 29.4 Å². The molecule has 1 aliphatic rings. The molecule has 0 aliphatic heterocycles. The van der Waals surface area contributed by atoms with Gasteiger partial charge >= 0.3 is 11.9 Å². The zero-order valence-electron chi connectivity index (χ0n) is 48.0. The molecule has 12 nitrogen and oxygen atoms in total. The van der Waals surface area contributed by atoms with Crippen LogP contribution in [0.15, 0.2) is 109 Å². The molecule has 0 heterocycles. The maximum absolute atomic E-state index is 14.1. The van der Waals surface area contributed by atoms with Crippen molar-refractivity contribution in [2.75, 3.05) is 27.4 Å². The van der Waals surface area contributed by atoms with E-state index in [4.69, 9.17) is 18.9 Å². The molecule has 12 heteroatoms. The van der Waals surface area contributed by atoms with Gasteiger partial charge in [0.2, 0.25) is 0 Å². The first-order valence-corrected chi connectivity index (χ1v) is 26.7. The summed E-state index contributed by atoms with van der Waals surface area (Å²) in [5.74, 6) is -1.41. The van der Waals surface area contributed by atoms with Crippen molar-refractivity contribution in [3.63, 3.8) is 0 Å². The number of methoxy groups -OCH3 is 2. The first-order chi connectivity index (χ1) is 36.5. The SMILES string of the molecule is COC(=O)C(NC(=O)COc1c2cc(C(C)(C)C)cc1Cc1cc(C(C)(C)C)cc(c1O)Cc1cc(C(C)(C)C)cc(c1OCC(=O)NC(C(=O)OC)c1ccccc1)Cc1cc(C(C)(C)C)cc(c1O)C2)c1ccccc1. The first kappa shape index (κ1) is 58.1. The summed E-state index contributed by atoms with van der Waals surface area (Å²) in [7, 11) is 2.55. The van der Waals surface area contributed by atoms with Crippen LogP contribution in [-0.4, -0.2) is 61.4 Å². The Kier molecular flexibility index (Phi) is 17.2. The van der Waals surface area contributed by atoms with Crippen LogP contribution in [0.5, 0.6) is 23.0 Å². The van der Waals surface area contributed by atoms with Gasteiger partial charge in [0.15, 0.2) is 25.3 Å². The van der Waals surface area contributed by atoms with E-state index in [-0.39, 0.29) is 58.8 Å². The highest BCUT2D eigenvalue weighted by Gasteiger charge is 2.31. The number of fused-ring (bicyclic) bond motifs is 8. The number of benzene rings is 6. The van der Waals surface area contributed by atoms with Crippen molar-refractivity contribution in [2.45, 2.75) is 143 Å². The number of amides is 2. The lowest BCUT2D eigenvalue weighted by Crippen LogP contribution is -2.37. The van der Waals surface area contributed by atoms with E-state index >= 15 is 0 Å². The van der Waals surface area contributed by atoms with Crippen LogP contribution in [0.25, 0.3) is 0 Å². The zero-order chi connectivity index (χ0) is 57.1.